The Morgan fingerprint density at radius 2 is 1.84 bits per heavy atom. The molecule has 0 fully saturated rings. The maximum atomic E-state index is 10.9. The highest BCUT2D eigenvalue weighted by Gasteiger charge is 2.12. The monoisotopic (exact) mass is 434 g/mol. The van der Waals surface area contributed by atoms with E-state index < -0.39 is 5.97 Å². The molecule has 7 heteroatoms. The maximum Gasteiger partial charge on any atom is 0.308 e. The third-order valence-corrected chi connectivity index (χ3v) is 6.13. The zero-order chi connectivity index (χ0) is 22.1. The lowest BCUT2D eigenvalue weighted by Crippen LogP contribution is -2.25. The van der Waals surface area contributed by atoms with Gasteiger partial charge in [0.2, 0.25) is 0 Å². The van der Waals surface area contributed by atoms with Crippen molar-refractivity contribution in [3.63, 3.8) is 0 Å². The van der Waals surface area contributed by atoms with E-state index in [1.54, 1.807) is 17.4 Å². The second-order valence-electron chi connectivity index (χ2n) is 7.20. The highest BCUT2D eigenvalue weighted by molar-refractivity contribution is 7.12. The Balaban J connectivity index is 1.57. The number of benzene rings is 2. The van der Waals surface area contributed by atoms with Crippen LogP contribution in [-0.4, -0.2) is 24.2 Å². The fraction of sp³-hybridized carbons (Fsp3) is 0.250. The number of rotatable bonds is 11. The second-order valence-corrected chi connectivity index (χ2v) is 8.45. The number of carboxylic acids is 1. The third kappa shape index (κ3) is 6.57. The van der Waals surface area contributed by atoms with E-state index in [9.17, 15) is 4.79 Å². The van der Waals surface area contributed by atoms with Crippen molar-refractivity contribution in [2.75, 3.05) is 24.1 Å². The molecule has 0 aliphatic heterocycles. The molecule has 0 aliphatic carbocycles. The van der Waals surface area contributed by atoms with Crippen LogP contribution in [0.5, 0.6) is 0 Å². The molecule has 0 saturated heterocycles. The van der Waals surface area contributed by atoms with E-state index in [1.807, 2.05) is 42.5 Å². The Morgan fingerprint density at radius 1 is 1.06 bits per heavy atom. The summed E-state index contributed by atoms with van der Waals surface area (Å²) in [6, 6.07) is 21.9. The van der Waals surface area contributed by atoms with Crippen molar-refractivity contribution >= 4 is 28.7 Å². The SMILES string of the molecule is N#Cc1cccc(NCC[C@H](NCCc2ccc(CC(=O)O)s2)c2ccccc2)c1N. The average molecular weight is 435 g/mol. The normalized spacial score (nSPS) is 11.6. The van der Waals surface area contributed by atoms with Gasteiger partial charge < -0.3 is 21.5 Å². The number of carbonyl (C=O) groups is 1. The molecule has 0 aliphatic rings. The molecule has 5 N–H and O–H groups in total. The Morgan fingerprint density at radius 3 is 2.58 bits per heavy atom. The summed E-state index contributed by atoms with van der Waals surface area (Å²) >= 11 is 1.56. The minimum atomic E-state index is -0.802. The number of hydrogen-bond donors (Lipinski definition) is 4. The molecule has 0 spiro atoms. The molecule has 6 nitrogen and oxygen atoms in total. The number of hydrogen-bond acceptors (Lipinski definition) is 6. The standard InChI is InChI=1S/C24H26N4O2S/c25-16-18-7-4-8-22(24(18)26)28-14-12-21(17-5-2-1-3-6-17)27-13-11-19-9-10-20(31-19)15-23(29)30/h1-10,21,27-28H,11-15,26H2,(H,29,30)/t21-/m0/s1. The number of nitrogens with two attached hydrogens (primary N) is 1. The first-order chi connectivity index (χ1) is 15.1. The minimum Gasteiger partial charge on any atom is -0.481 e. The molecule has 0 unspecified atom stereocenters. The van der Waals surface area contributed by atoms with Gasteiger partial charge in [0.25, 0.3) is 0 Å². The van der Waals surface area contributed by atoms with E-state index in [0.29, 0.717) is 17.8 Å². The van der Waals surface area contributed by atoms with Crippen LogP contribution >= 0.6 is 11.3 Å². The molecule has 160 valence electrons. The second kappa shape index (κ2) is 11.2. The summed E-state index contributed by atoms with van der Waals surface area (Å²) in [7, 11) is 0. The van der Waals surface area contributed by atoms with E-state index in [0.717, 1.165) is 30.0 Å². The van der Waals surface area contributed by atoms with Crippen molar-refractivity contribution in [2.45, 2.75) is 25.3 Å². The number of nitrogen functional groups attached to an aromatic ring is 1. The van der Waals surface area contributed by atoms with Crippen LogP contribution in [-0.2, 0) is 17.6 Å². The van der Waals surface area contributed by atoms with Crippen LogP contribution in [0.2, 0.25) is 0 Å². The molecule has 31 heavy (non-hydrogen) atoms. The molecule has 0 saturated carbocycles. The largest absolute Gasteiger partial charge is 0.481 e. The summed E-state index contributed by atoms with van der Waals surface area (Å²) in [4.78, 5) is 12.9. The Hall–Kier alpha value is -3.34. The first kappa shape index (κ1) is 22.3. The maximum absolute atomic E-state index is 10.9. The van der Waals surface area contributed by atoms with Crippen LogP contribution in [0.15, 0.2) is 60.7 Å². The highest BCUT2D eigenvalue weighted by atomic mass is 32.1. The molecule has 0 radical (unpaired) electrons. The Labute approximate surface area is 186 Å². The van der Waals surface area contributed by atoms with Crippen molar-refractivity contribution in [3.05, 3.63) is 81.5 Å². The number of nitrogens with one attached hydrogen (secondary N) is 2. The van der Waals surface area contributed by atoms with Gasteiger partial charge >= 0.3 is 5.97 Å². The fourth-order valence-corrected chi connectivity index (χ4v) is 4.42. The van der Waals surface area contributed by atoms with Crippen LogP contribution in [0.1, 0.15) is 33.3 Å². The Bertz CT molecular complexity index is 1040. The lowest BCUT2D eigenvalue weighted by molar-refractivity contribution is -0.136. The van der Waals surface area contributed by atoms with Gasteiger partial charge in [-0.05, 0) is 42.7 Å². The molecular formula is C24H26N4O2S. The summed E-state index contributed by atoms with van der Waals surface area (Å²) in [6.45, 7) is 1.49. The summed E-state index contributed by atoms with van der Waals surface area (Å²) < 4.78 is 0. The zero-order valence-corrected chi connectivity index (χ0v) is 18.0. The summed E-state index contributed by atoms with van der Waals surface area (Å²) in [6.07, 6.45) is 1.76. The van der Waals surface area contributed by atoms with E-state index in [2.05, 4.69) is 28.8 Å². The highest BCUT2D eigenvalue weighted by Crippen LogP contribution is 2.23. The van der Waals surface area contributed by atoms with Crippen molar-refractivity contribution in [1.29, 1.82) is 5.26 Å². The number of nitrogens with zero attached hydrogens (tertiary/aromatic N) is 1. The van der Waals surface area contributed by atoms with E-state index in [4.69, 9.17) is 16.1 Å². The number of aliphatic carboxylic acids is 1. The molecule has 1 atom stereocenters. The minimum absolute atomic E-state index is 0.0759. The quantitative estimate of drug-likeness (QED) is 0.337. The number of para-hydroxylation sites is 1. The lowest BCUT2D eigenvalue weighted by atomic mass is 10.0. The van der Waals surface area contributed by atoms with Crippen molar-refractivity contribution in [2.24, 2.45) is 0 Å². The topological polar surface area (TPSA) is 111 Å². The third-order valence-electron chi connectivity index (χ3n) is 4.98. The van der Waals surface area contributed by atoms with Crippen molar-refractivity contribution in [3.8, 4) is 6.07 Å². The van der Waals surface area contributed by atoms with E-state index in [1.165, 1.54) is 10.4 Å². The van der Waals surface area contributed by atoms with Gasteiger partial charge in [0.1, 0.15) is 6.07 Å². The molecule has 1 aromatic heterocycles. The summed E-state index contributed by atoms with van der Waals surface area (Å²) in [5.74, 6) is -0.802. The number of thiophene rings is 1. The van der Waals surface area contributed by atoms with Gasteiger partial charge in [-0.2, -0.15) is 5.26 Å². The predicted molar refractivity (Wildman–Crippen MR) is 125 cm³/mol. The average Bonchev–Trinajstić information content (AvgIpc) is 3.20. The first-order valence-corrected chi connectivity index (χ1v) is 11.0. The van der Waals surface area contributed by atoms with E-state index in [-0.39, 0.29) is 12.5 Å². The van der Waals surface area contributed by atoms with Gasteiger partial charge in [0.15, 0.2) is 0 Å². The predicted octanol–water partition coefficient (Wildman–Crippen LogP) is 4.20. The zero-order valence-electron chi connectivity index (χ0n) is 17.2. The van der Waals surface area contributed by atoms with Crippen LogP contribution in [0.3, 0.4) is 0 Å². The van der Waals surface area contributed by atoms with Gasteiger partial charge in [-0.15, -0.1) is 11.3 Å². The molecule has 3 aromatic rings. The number of nitriles is 1. The summed E-state index contributed by atoms with van der Waals surface area (Å²) in [5.41, 5.74) is 8.99. The fourth-order valence-electron chi connectivity index (χ4n) is 3.41. The van der Waals surface area contributed by atoms with Gasteiger partial charge in [0, 0.05) is 28.9 Å². The Kier molecular flexibility index (Phi) is 8.05. The van der Waals surface area contributed by atoms with Gasteiger partial charge in [0.05, 0.1) is 23.4 Å². The molecule has 0 amide bonds. The van der Waals surface area contributed by atoms with Crippen LogP contribution in [0, 0.1) is 11.3 Å². The molecule has 0 bridgehead atoms. The van der Waals surface area contributed by atoms with Crippen molar-refractivity contribution in [1.82, 2.24) is 5.32 Å². The van der Waals surface area contributed by atoms with Gasteiger partial charge in [-0.1, -0.05) is 36.4 Å². The molecule has 1 heterocycles. The van der Waals surface area contributed by atoms with E-state index >= 15 is 0 Å². The first-order valence-electron chi connectivity index (χ1n) is 10.2. The lowest BCUT2D eigenvalue weighted by Gasteiger charge is -2.20. The van der Waals surface area contributed by atoms with Crippen LogP contribution < -0.4 is 16.4 Å². The molecular weight excluding hydrogens is 408 g/mol. The van der Waals surface area contributed by atoms with Gasteiger partial charge in [-0.3, -0.25) is 4.79 Å². The van der Waals surface area contributed by atoms with Crippen LogP contribution in [0.4, 0.5) is 11.4 Å². The number of anilines is 2. The number of carboxylic acid groups (broad SMARTS) is 1. The van der Waals surface area contributed by atoms with Crippen molar-refractivity contribution < 1.29 is 9.90 Å². The van der Waals surface area contributed by atoms with Gasteiger partial charge in [-0.25, -0.2) is 0 Å². The van der Waals surface area contributed by atoms with Crippen LogP contribution in [0.25, 0.3) is 0 Å². The molecule has 3 rings (SSSR count). The summed E-state index contributed by atoms with van der Waals surface area (Å²) in [5, 5.41) is 25.0. The molecule has 2 aromatic carbocycles. The smallest absolute Gasteiger partial charge is 0.308 e.